The van der Waals surface area contributed by atoms with E-state index >= 15 is 0 Å². The van der Waals surface area contributed by atoms with Crippen molar-refractivity contribution >= 4 is 29.1 Å². The summed E-state index contributed by atoms with van der Waals surface area (Å²) >= 11 is 12.2. The molecule has 0 saturated heterocycles. The second-order valence-corrected chi connectivity index (χ2v) is 5.47. The fraction of sp³-hybridized carbons (Fsp3) is 0.188. The van der Waals surface area contributed by atoms with Crippen molar-refractivity contribution in [1.29, 1.82) is 0 Å². The number of nitrogens with two attached hydrogens (primary N) is 1. The molecule has 0 saturated carbocycles. The molecule has 0 bridgehead atoms. The van der Waals surface area contributed by atoms with E-state index in [1.165, 1.54) is 6.07 Å². The number of primary amides is 1. The van der Waals surface area contributed by atoms with Crippen molar-refractivity contribution in [2.24, 2.45) is 5.73 Å². The number of methoxy groups -OCH3 is 2. The van der Waals surface area contributed by atoms with Gasteiger partial charge in [-0.25, -0.2) is 0 Å². The van der Waals surface area contributed by atoms with Crippen LogP contribution in [-0.2, 0) is 6.42 Å². The minimum atomic E-state index is -0.588. The molecule has 0 unspecified atom stereocenters. The third-order valence-corrected chi connectivity index (χ3v) is 3.91. The van der Waals surface area contributed by atoms with E-state index in [1.54, 1.807) is 20.3 Å². The number of ether oxygens (including phenoxy) is 2. The highest BCUT2D eigenvalue weighted by Gasteiger charge is 2.13. The lowest BCUT2D eigenvalue weighted by Crippen LogP contribution is -2.12. The minimum absolute atomic E-state index is 0.244. The summed E-state index contributed by atoms with van der Waals surface area (Å²) in [5.41, 5.74) is 7.27. The van der Waals surface area contributed by atoms with Crippen LogP contribution in [0.4, 0.5) is 0 Å². The number of halogens is 2. The van der Waals surface area contributed by atoms with E-state index < -0.39 is 5.91 Å². The molecule has 22 heavy (non-hydrogen) atoms. The van der Waals surface area contributed by atoms with Gasteiger partial charge in [0.15, 0.2) is 11.5 Å². The molecule has 2 N–H and O–H groups in total. The van der Waals surface area contributed by atoms with Crippen LogP contribution in [0.15, 0.2) is 30.3 Å². The number of hydrogen-bond donors (Lipinski definition) is 1. The van der Waals surface area contributed by atoms with E-state index in [2.05, 4.69) is 0 Å². The van der Waals surface area contributed by atoms with E-state index in [0.717, 1.165) is 11.1 Å². The van der Waals surface area contributed by atoms with Crippen LogP contribution in [-0.4, -0.2) is 20.1 Å². The van der Waals surface area contributed by atoms with Gasteiger partial charge in [-0.2, -0.15) is 0 Å². The van der Waals surface area contributed by atoms with E-state index in [4.69, 9.17) is 38.4 Å². The number of hydrogen-bond acceptors (Lipinski definition) is 3. The monoisotopic (exact) mass is 339 g/mol. The maximum atomic E-state index is 11.4. The summed E-state index contributed by atoms with van der Waals surface area (Å²) < 4.78 is 10.5. The molecule has 116 valence electrons. The van der Waals surface area contributed by atoms with Crippen LogP contribution in [0.5, 0.6) is 11.5 Å². The maximum absolute atomic E-state index is 11.4. The van der Waals surface area contributed by atoms with Crippen molar-refractivity contribution in [2.75, 3.05) is 14.2 Å². The van der Waals surface area contributed by atoms with Gasteiger partial charge < -0.3 is 15.2 Å². The quantitative estimate of drug-likeness (QED) is 0.903. The first-order valence-electron chi connectivity index (χ1n) is 6.45. The third-order valence-electron chi connectivity index (χ3n) is 3.24. The van der Waals surface area contributed by atoms with Crippen molar-refractivity contribution in [3.63, 3.8) is 0 Å². The first kappa shape index (κ1) is 16.5. The number of rotatable bonds is 5. The van der Waals surface area contributed by atoms with Crippen LogP contribution < -0.4 is 15.2 Å². The van der Waals surface area contributed by atoms with Crippen LogP contribution in [0.3, 0.4) is 0 Å². The fourth-order valence-corrected chi connectivity index (χ4v) is 2.67. The van der Waals surface area contributed by atoms with Crippen molar-refractivity contribution in [2.45, 2.75) is 6.42 Å². The second-order valence-electron chi connectivity index (χ2n) is 4.65. The van der Waals surface area contributed by atoms with Crippen LogP contribution >= 0.6 is 23.2 Å². The van der Waals surface area contributed by atoms with E-state index in [9.17, 15) is 4.79 Å². The summed E-state index contributed by atoms with van der Waals surface area (Å²) in [6.45, 7) is 0. The second kappa shape index (κ2) is 6.90. The summed E-state index contributed by atoms with van der Waals surface area (Å²) in [6, 6.07) is 8.71. The zero-order chi connectivity index (χ0) is 16.3. The first-order chi connectivity index (χ1) is 10.5. The van der Waals surface area contributed by atoms with Gasteiger partial charge in [0.25, 0.3) is 0 Å². The topological polar surface area (TPSA) is 61.5 Å². The third kappa shape index (κ3) is 3.46. The Morgan fingerprint density at radius 2 is 1.73 bits per heavy atom. The van der Waals surface area contributed by atoms with Gasteiger partial charge in [-0.15, -0.1) is 0 Å². The average molecular weight is 340 g/mol. The molecule has 0 aliphatic heterocycles. The highest BCUT2D eigenvalue weighted by molar-refractivity contribution is 6.37. The molecule has 2 aromatic rings. The lowest BCUT2D eigenvalue weighted by Gasteiger charge is -2.11. The smallest absolute Gasteiger partial charge is 0.250 e. The number of carbonyl (C=O) groups is 1. The van der Waals surface area contributed by atoms with Crippen LogP contribution in [0.25, 0.3) is 0 Å². The number of amides is 1. The average Bonchev–Trinajstić information content (AvgIpc) is 2.49. The lowest BCUT2D eigenvalue weighted by atomic mass is 10.0. The van der Waals surface area contributed by atoms with Gasteiger partial charge in [0, 0.05) is 5.02 Å². The van der Waals surface area contributed by atoms with Crippen molar-refractivity contribution < 1.29 is 14.3 Å². The molecule has 2 aromatic carbocycles. The molecule has 1 amide bonds. The van der Waals surface area contributed by atoms with E-state index in [1.807, 2.05) is 18.2 Å². The molecule has 0 atom stereocenters. The van der Waals surface area contributed by atoms with Crippen molar-refractivity contribution in [1.82, 2.24) is 0 Å². The summed E-state index contributed by atoms with van der Waals surface area (Å²) in [6.07, 6.45) is 0.511. The summed E-state index contributed by atoms with van der Waals surface area (Å²) in [5, 5.41) is 0.721. The van der Waals surface area contributed by atoms with Crippen LogP contribution in [0.2, 0.25) is 10.0 Å². The van der Waals surface area contributed by atoms with Gasteiger partial charge in [-0.1, -0.05) is 29.3 Å². The molecule has 0 aromatic heterocycles. The highest BCUT2D eigenvalue weighted by atomic mass is 35.5. The molecule has 0 radical (unpaired) electrons. The molecule has 0 aliphatic rings. The SMILES string of the molecule is COc1ccc(Cc2cc(C(N)=O)c(Cl)cc2Cl)cc1OC. The van der Waals surface area contributed by atoms with Gasteiger partial charge in [0.2, 0.25) is 5.91 Å². The molecule has 0 aliphatic carbocycles. The molecule has 0 heterocycles. The zero-order valence-electron chi connectivity index (χ0n) is 12.2. The largest absolute Gasteiger partial charge is 0.493 e. The molecular formula is C16H15Cl2NO3. The fourth-order valence-electron chi connectivity index (χ4n) is 2.13. The molecule has 4 nitrogen and oxygen atoms in total. The minimum Gasteiger partial charge on any atom is -0.493 e. The van der Waals surface area contributed by atoms with E-state index in [0.29, 0.717) is 22.9 Å². The normalized spacial score (nSPS) is 10.4. The van der Waals surface area contributed by atoms with Gasteiger partial charge in [-0.05, 0) is 41.8 Å². The Morgan fingerprint density at radius 3 is 2.32 bits per heavy atom. The molecule has 0 fully saturated rings. The first-order valence-corrected chi connectivity index (χ1v) is 7.20. The summed E-state index contributed by atoms with van der Waals surface area (Å²) in [4.78, 5) is 11.4. The molecular weight excluding hydrogens is 325 g/mol. The Bertz CT molecular complexity index is 717. The predicted molar refractivity (Wildman–Crippen MR) is 87.3 cm³/mol. The molecule has 0 spiro atoms. The summed E-state index contributed by atoms with van der Waals surface area (Å²) in [7, 11) is 3.15. The van der Waals surface area contributed by atoms with Crippen LogP contribution in [0.1, 0.15) is 21.5 Å². The van der Waals surface area contributed by atoms with Gasteiger partial charge in [0.1, 0.15) is 0 Å². The predicted octanol–water partition coefficient (Wildman–Crippen LogP) is 3.70. The lowest BCUT2D eigenvalue weighted by molar-refractivity contribution is 0.100. The Kier molecular flexibility index (Phi) is 5.16. The highest BCUT2D eigenvalue weighted by Crippen LogP contribution is 2.31. The Labute approximate surface area is 138 Å². The van der Waals surface area contributed by atoms with E-state index in [-0.39, 0.29) is 10.6 Å². The van der Waals surface area contributed by atoms with Crippen molar-refractivity contribution in [3.05, 3.63) is 57.1 Å². The number of benzene rings is 2. The van der Waals surface area contributed by atoms with Gasteiger partial charge >= 0.3 is 0 Å². The van der Waals surface area contributed by atoms with Gasteiger partial charge in [-0.3, -0.25) is 4.79 Å². The summed E-state index contributed by atoms with van der Waals surface area (Å²) in [5.74, 6) is 0.682. The number of carbonyl (C=O) groups excluding carboxylic acids is 1. The van der Waals surface area contributed by atoms with Crippen molar-refractivity contribution in [3.8, 4) is 11.5 Å². The Hall–Kier alpha value is -1.91. The Balaban J connectivity index is 2.38. The zero-order valence-corrected chi connectivity index (χ0v) is 13.7. The molecule has 2 rings (SSSR count). The standard InChI is InChI=1S/C16H15Cl2NO3/c1-21-14-4-3-9(6-15(14)22-2)5-10-7-11(16(19)20)13(18)8-12(10)17/h3-4,6-8H,5H2,1-2H3,(H2,19,20). The van der Waals surface area contributed by atoms with Gasteiger partial charge in [0.05, 0.1) is 24.8 Å². The maximum Gasteiger partial charge on any atom is 0.250 e. The molecule has 6 heteroatoms. The Morgan fingerprint density at radius 1 is 1.05 bits per heavy atom. The van der Waals surface area contributed by atoms with Crippen LogP contribution in [0, 0.1) is 0 Å².